The molecule has 0 aliphatic heterocycles. The first kappa shape index (κ1) is 58.3. The Hall–Kier alpha value is -6.97. The van der Waals surface area contributed by atoms with Gasteiger partial charge in [-0.25, -0.2) is 26.4 Å². The molecular formula is C61H67F3N2O8S2. The molecule has 0 saturated heterocycles. The molecule has 0 aliphatic rings. The van der Waals surface area contributed by atoms with Gasteiger partial charge in [-0.2, -0.15) is 13.2 Å². The van der Waals surface area contributed by atoms with E-state index in [4.69, 9.17) is 5.11 Å². The quantitative estimate of drug-likeness (QED) is 0.0509. The van der Waals surface area contributed by atoms with Crippen LogP contribution in [0.15, 0.2) is 174 Å². The average Bonchev–Trinajstić information content (AvgIpc) is 3.42. The molecule has 7 aromatic carbocycles. The zero-order chi connectivity index (χ0) is 54.7. The molecule has 15 heteroatoms. The number of halogens is 3. The van der Waals surface area contributed by atoms with E-state index in [0.29, 0.717) is 61.0 Å². The van der Waals surface area contributed by atoms with Crippen LogP contribution in [0.2, 0.25) is 0 Å². The van der Waals surface area contributed by atoms with Crippen molar-refractivity contribution in [1.29, 1.82) is 0 Å². The van der Waals surface area contributed by atoms with E-state index in [2.05, 4.69) is 13.8 Å². The molecular weight excluding hydrogens is 1010 g/mol. The molecule has 0 unspecified atom stereocenters. The van der Waals surface area contributed by atoms with Crippen molar-refractivity contribution in [2.24, 2.45) is 0 Å². The first-order valence-electron chi connectivity index (χ1n) is 26.0. The highest BCUT2D eigenvalue weighted by molar-refractivity contribution is 7.93. The maximum absolute atomic E-state index is 14.3. The lowest BCUT2D eigenvalue weighted by molar-refractivity contribution is -0.137. The number of hydrogen-bond acceptors (Lipinski definition) is 6. The van der Waals surface area contributed by atoms with Gasteiger partial charge in [0.05, 0.1) is 37.9 Å². The predicted octanol–water partition coefficient (Wildman–Crippen LogP) is 14.8. The highest BCUT2D eigenvalue weighted by Crippen LogP contribution is 2.35. The largest absolute Gasteiger partial charge is 0.478 e. The fourth-order valence-electron chi connectivity index (χ4n) is 9.07. The maximum atomic E-state index is 14.3. The number of alkyl halides is 3. The van der Waals surface area contributed by atoms with Crippen molar-refractivity contribution < 1.29 is 49.8 Å². The van der Waals surface area contributed by atoms with Crippen molar-refractivity contribution in [3.8, 4) is 0 Å². The highest BCUT2D eigenvalue weighted by Gasteiger charge is 2.34. The van der Waals surface area contributed by atoms with Gasteiger partial charge >= 0.3 is 18.1 Å². The lowest BCUT2D eigenvalue weighted by atomic mass is 10.0. The van der Waals surface area contributed by atoms with E-state index in [0.717, 1.165) is 103 Å². The zero-order valence-corrected chi connectivity index (χ0v) is 44.7. The van der Waals surface area contributed by atoms with E-state index >= 15 is 0 Å². The minimum atomic E-state index is -4.66. The van der Waals surface area contributed by atoms with Crippen LogP contribution in [0.5, 0.6) is 0 Å². The number of rotatable bonds is 26. The van der Waals surface area contributed by atoms with Crippen LogP contribution in [-0.4, -0.2) is 52.1 Å². The molecule has 0 heterocycles. The van der Waals surface area contributed by atoms with E-state index in [9.17, 15) is 44.7 Å². The number of aromatic carboxylic acids is 2. The van der Waals surface area contributed by atoms with Gasteiger partial charge in [0.15, 0.2) is 0 Å². The molecule has 0 atom stereocenters. The van der Waals surface area contributed by atoms with E-state index in [1.165, 1.54) is 22.5 Å². The molecule has 0 aromatic heterocycles. The number of benzene rings is 7. The van der Waals surface area contributed by atoms with Crippen LogP contribution in [0.3, 0.4) is 0 Å². The number of anilines is 2. The second-order valence-electron chi connectivity index (χ2n) is 18.7. The van der Waals surface area contributed by atoms with Crippen molar-refractivity contribution in [3.05, 3.63) is 203 Å². The fourth-order valence-corrected chi connectivity index (χ4v) is 12.4. The summed E-state index contributed by atoms with van der Waals surface area (Å²) in [6, 6.07) is 45.0. The fraction of sp³-hybridized carbons (Fsp3) is 0.311. The smallest absolute Gasteiger partial charge is 0.416 e. The summed E-state index contributed by atoms with van der Waals surface area (Å²) in [7, 11) is -8.11. The van der Waals surface area contributed by atoms with E-state index in [-0.39, 0.29) is 17.7 Å². The minimum absolute atomic E-state index is 0.145. The summed E-state index contributed by atoms with van der Waals surface area (Å²) in [6.07, 6.45) is 7.17. The van der Waals surface area contributed by atoms with Crippen LogP contribution in [0.4, 0.5) is 24.5 Å². The van der Waals surface area contributed by atoms with Crippen molar-refractivity contribution in [2.75, 3.05) is 21.7 Å². The van der Waals surface area contributed by atoms with Gasteiger partial charge in [0, 0.05) is 18.5 Å². The van der Waals surface area contributed by atoms with Gasteiger partial charge in [-0.05, 0) is 127 Å². The van der Waals surface area contributed by atoms with Crippen LogP contribution >= 0.6 is 0 Å². The first-order valence-corrected chi connectivity index (χ1v) is 28.8. The Kier molecular flexibility index (Phi) is 21.3. The molecule has 0 bridgehead atoms. The van der Waals surface area contributed by atoms with Gasteiger partial charge < -0.3 is 10.2 Å². The van der Waals surface area contributed by atoms with Crippen molar-refractivity contribution in [2.45, 2.75) is 120 Å². The number of carboxylic acids is 2. The second-order valence-corrected chi connectivity index (χ2v) is 22.4. The number of nitrogens with zero attached hydrogens (tertiary/aromatic N) is 2. The zero-order valence-electron chi connectivity index (χ0n) is 43.1. The number of aryl methyl sites for hydroxylation is 4. The van der Waals surface area contributed by atoms with E-state index in [1.807, 2.05) is 72.8 Å². The first-order chi connectivity index (χ1) is 36.4. The Morgan fingerprint density at radius 1 is 0.474 bits per heavy atom. The molecule has 0 radical (unpaired) electrons. The summed E-state index contributed by atoms with van der Waals surface area (Å²) in [6.45, 7) is 4.81. The van der Waals surface area contributed by atoms with Gasteiger partial charge in [0.25, 0.3) is 20.0 Å². The average molecular weight is 1080 g/mol. The van der Waals surface area contributed by atoms with Crippen LogP contribution < -0.4 is 8.61 Å². The highest BCUT2D eigenvalue weighted by atomic mass is 32.2. The van der Waals surface area contributed by atoms with Crippen LogP contribution in [0.25, 0.3) is 10.8 Å². The Balaban J connectivity index is 0.000000247. The Bertz CT molecular complexity index is 3230. The number of sulfonamides is 2. The molecule has 0 amide bonds. The van der Waals surface area contributed by atoms with Crippen LogP contribution in [-0.2, 0) is 51.9 Å². The molecule has 0 fully saturated rings. The van der Waals surface area contributed by atoms with Gasteiger partial charge in [0.2, 0.25) is 0 Å². The third kappa shape index (κ3) is 15.8. The maximum Gasteiger partial charge on any atom is 0.416 e. The van der Waals surface area contributed by atoms with Gasteiger partial charge in [-0.3, -0.25) is 8.61 Å². The summed E-state index contributed by atoms with van der Waals surface area (Å²) in [4.78, 5) is 22.2. The van der Waals surface area contributed by atoms with Crippen molar-refractivity contribution >= 4 is 54.1 Å². The molecule has 7 aromatic rings. The molecule has 402 valence electrons. The summed E-state index contributed by atoms with van der Waals surface area (Å²) >= 11 is 0. The standard InChI is InChI=1S/C32H35NO4S.C29H32F3NO4S/c1-2-3-4-5-10-24-33(38(36,37)31-17-11-14-26-12-6-8-15-29(26)31)30-16-9-7-13-27(30)21-18-25-19-22-28(23-20-25)32(34)35;1-2-3-4-5-8-20-33(38(36,37)26-12-9-11-25(21-26)29(30,31)32)27-13-7-6-10-23(27)17-14-22-15-18-24(19-16-22)28(34)35/h6-9,11-17,19-20,22-23H,2-5,10,18,21,24H2,1H3,(H,34,35);6-7,9-13,15-16,18-19,21H,2-5,8,14,17,20H2,1H3,(H,34,35). The second kappa shape index (κ2) is 27.7. The lowest BCUT2D eigenvalue weighted by Gasteiger charge is -2.27. The van der Waals surface area contributed by atoms with Crippen molar-refractivity contribution in [1.82, 2.24) is 0 Å². The van der Waals surface area contributed by atoms with Gasteiger partial charge in [0.1, 0.15) is 0 Å². The molecule has 7 rings (SSSR count). The Morgan fingerprint density at radius 2 is 0.908 bits per heavy atom. The third-order valence-corrected chi connectivity index (χ3v) is 17.0. The molecule has 2 N–H and O–H groups in total. The lowest BCUT2D eigenvalue weighted by Crippen LogP contribution is -2.33. The van der Waals surface area contributed by atoms with Gasteiger partial charge in [-0.15, -0.1) is 0 Å². The molecule has 0 saturated carbocycles. The minimum Gasteiger partial charge on any atom is -0.478 e. The normalized spacial score (nSPS) is 11.7. The molecule has 76 heavy (non-hydrogen) atoms. The number of para-hydroxylation sites is 2. The molecule has 10 nitrogen and oxygen atoms in total. The van der Waals surface area contributed by atoms with Crippen LogP contribution in [0.1, 0.15) is 127 Å². The summed E-state index contributed by atoms with van der Waals surface area (Å²) < 4.78 is 99.0. The number of fused-ring (bicyclic) bond motifs is 1. The van der Waals surface area contributed by atoms with Crippen molar-refractivity contribution in [3.63, 3.8) is 0 Å². The van der Waals surface area contributed by atoms with E-state index < -0.39 is 48.6 Å². The molecule has 0 spiro atoms. The summed E-state index contributed by atoms with van der Waals surface area (Å²) in [5.41, 5.74) is 4.14. The number of carboxylic acid groups (broad SMARTS) is 2. The monoisotopic (exact) mass is 1080 g/mol. The number of hydrogen-bond donors (Lipinski definition) is 2. The van der Waals surface area contributed by atoms with Crippen LogP contribution in [0, 0.1) is 0 Å². The number of carbonyl (C=O) groups is 2. The van der Waals surface area contributed by atoms with Gasteiger partial charge in [-0.1, -0.05) is 168 Å². The predicted molar refractivity (Wildman–Crippen MR) is 296 cm³/mol. The third-order valence-electron chi connectivity index (χ3n) is 13.3. The topological polar surface area (TPSA) is 149 Å². The number of unbranched alkanes of at least 4 members (excludes halogenated alkanes) is 8. The Labute approximate surface area is 446 Å². The Morgan fingerprint density at radius 3 is 1.39 bits per heavy atom. The summed E-state index contributed by atoms with van der Waals surface area (Å²) in [5, 5.41) is 19.9. The molecule has 0 aliphatic carbocycles. The summed E-state index contributed by atoms with van der Waals surface area (Å²) in [5.74, 6) is -1.97. The SMILES string of the molecule is CCCCCCCN(c1ccccc1CCc1ccc(C(=O)O)cc1)S(=O)(=O)c1cccc(C(F)(F)F)c1.CCCCCCCN(c1ccccc1CCc1ccc(C(=O)O)cc1)S(=O)(=O)c1cccc2ccccc12. The van der Waals surface area contributed by atoms with E-state index in [1.54, 1.807) is 58.9 Å².